The lowest BCUT2D eigenvalue weighted by atomic mass is 10.1. The standard InChI is InChI=1S/C11H17NO.ClH/c1-9(12-2)8-10-6-4-5-7-11(10)13-3;/h4-7,9,12H,8H2,1-3H3;1H/p-1. The Kier molecular flexibility index (Phi) is 6.34. The number of methoxy groups -OCH3 is 1. The molecule has 1 aromatic carbocycles. The minimum absolute atomic E-state index is 0. The number of para-hydroxylation sites is 1. The highest BCUT2D eigenvalue weighted by Crippen LogP contribution is 2.18. The van der Waals surface area contributed by atoms with Crippen molar-refractivity contribution in [2.75, 3.05) is 14.2 Å². The van der Waals surface area contributed by atoms with Crippen molar-refractivity contribution in [3.05, 3.63) is 29.8 Å². The van der Waals surface area contributed by atoms with Crippen LogP contribution in [-0.2, 0) is 6.42 Å². The van der Waals surface area contributed by atoms with E-state index in [1.807, 2.05) is 25.2 Å². The van der Waals surface area contributed by atoms with Gasteiger partial charge in [0.15, 0.2) is 0 Å². The second-order valence-electron chi connectivity index (χ2n) is 3.21. The predicted molar refractivity (Wildman–Crippen MR) is 55.2 cm³/mol. The summed E-state index contributed by atoms with van der Waals surface area (Å²) in [6.07, 6.45) is 1.00. The van der Waals surface area contributed by atoms with Gasteiger partial charge in [0.1, 0.15) is 5.75 Å². The first-order valence-electron chi connectivity index (χ1n) is 4.57. The number of rotatable bonds is 4. The van der Waals surface area contributed by atoms with E-state index >= 15 is 0 Å². The van der Waals surface area contributed by atoms with Crippen LogP contribution in [0.15, 0.2) is 24.3 Å². The van der Waals surface area contributed by atoms with Gasteiger partial charge in [0.05, 0.1) is 7.11 Å². The fraction of sp³-hybridized carbons (Fsp3) is 0.455. The zero-order valence-corrected chi connectivity index (χ0v) is 9.64. The molecule has 0 heterocycles. The molecule has 0 aliphatic rings. The van der Waals surface area contributed by atoms with Crippen molar-refractivity contribution in [1.29, 1.82) is 0 Å². The third-order valence-electron chi connectivity index (χ3n) is 2.21. The fourth-order valence-electron chi connectivity index (χ4n) is 1.30. The maximum atomic E-state index is 5.26. The fourth-order valence-corrected chi connectivity index (χ4v) is 1.30. The average Bonchev–Trinajstić information content (AvgIpc) is 2.18. The van der Waals surface area contributed by atoms with Gasteiger partial charge in [-0.1, -0.05) is 18.2 Å². The van der Waals surface area contributed by atoms with Gasteiger partial charge in [-0.3, -0.25) is 0 Å². The number of hydrogen-bond donors (Lipinski definition) is 1. The van der Waals surface area contributed by atoms with Crippen molar-refractivity contribution in [2.24, 2.45) is 0 Å². The molecule has 0 aliphatic carbocycles. The maximum Gasteiger partial charge on any atom is 0.122 e. The zero-order chi connectivity index (χ0) is 9.68. The van der Waals surface area contributed by atoms with Gasteiger partial charge < -0.3 is 22.5 Å². The number of benzene rings is 1. The zero-order valence-electron chi connectivity index (χ0n) is 8.88. The third kappa shape index (κ3) is 3.56. The Balaban J connectivity index is 0.00000169. The summed E-state index contributed by atoms with van der Waals surface area (Å²) in [5.41, 5.74) is 1.26. The minimum atomic E-state index is 0. The van der Waals surface area contributed by atoms with Crippen LogP contribution in [0.1, 0.15) is 12.5 Å². The second-order valence-corrected chi connectivity index (χ2v) is 3.21. The Bertz CT molecular complexity index is 265. The largest absolute Gasteiger partial charge is 1.00 e. The Morgan fingerprint density at radius 1 is 1.36 bits per heavy atom. The van der Waals surface area contributed by atoms with E-state index in [9.17, 15) is 0 Å². The van der Waals surface area contributed by atoms with Crippen LogP contribution in [-0.4, -0.2) is 20.2 Å². The van der Waals surface area contributed by atoms with E-state index in [0.29, 0.717) is 6.04 Å². The number of halogens is 1. The first kappa shape index (κ1) is 13.3. The van der Waals surface area contributed by atoms with Crippen LogP contribution in [0, 0.1) is 0 Å². The van der Waals surface area contributed by atoms with E-state index in [2.05, 4.69) is 18.3 Å². The number of likely N-dealkylation sites (N-methyl/N-ethyl adjacent to an activating group) is 1. The molecule has 80 valence electrons. The summed E-state index contributed by atoms with van der Waals surface area (Å²) in [7, 11) is 3.68. The lowest BCUT2D eigenvalue weighted by Crippen LogP contribution is -3.00. The summed E-state index contributed by atoms with van der Waals surface area (Å²) in [5, 5.41) is 3.21. The molecule has 0 spiro atoms. The van der Waals surface area contributed by atoms with Gasteiger partial charge in [0.2, 0.25) is 0 Å². The summed E-state index contributed by atoms with van der Waals surface area (Å²) in [5.74, 6) is 0.976. The smallest absolute Gasteiger partial charge is 0.122 e. The van der Waals surface area contributed by atoms with Crippen LogP contribution < -0.4 is 22.5 Å². The molecule has 1 N–H and O–H groups in total. The monoisotopic (exact) mass is 214 g/mol. The molecule has 3 heteroatoms. The van der Waals surface area contributed by atoms with E-state index in [1.54, 1.807) is 7.11 Å². The van der Waals surface area contributed by atoms with Crippen LogP contribution in [0.5, 0.6) is 5.75 Å². The molecule has 0 aromatic heterocycles. The van der Waals surface area contributed by atoms with Crippen molar-refractivity contribution in [1.82, 2.24) is 5.32 Å². The molecule has 1 aromatic rings. The molecule has 0 radical (unpaired) electrons. The topological polar surface area (TPSA) is 21.3 Å². The van der Waals surface area contributed by atoms with Crippen LogP contribution in [0.3, 0.4) is 0 Å². The van der Waals surface area contributed by atoms with Gasteiger partial charge in [0, 0.05) is 6.04 Å². The highest BCUT2D eigenvalue weighted by Gasteiger charge is 2.04. The van der Waals surface area contributed by atoms with Crippen LogP contribution in [0.25, 0.3) is 0 Å². The normalized spacial score (nSPS) is 11.6. The second kappa shape index (κ2) is 6.68. The molecule has 0 saturated heterocycles. The molecule has 2 nitrogen and oxygen atoms in total. The Hall–Kier alpha value is -0.730. The molecular formula is C11H17ClNO-. The first-order valence-corrected chi connectivity index (χ1v) is 4.57. The molecule has 14 heavy (non-hydrogen) atoms. The number of ether oxygens (including phenoxy) is 1. The Morgan fingerprint density at radius 3 is 2.57 bits per heavy atom. The Morgan fingerprint density at radius 2 is 2.00 bits per heavy atom. The summed E-state index contributed by atoms with van der Waals surface area (Å²) < 4.78 is 5.26. The maximum absolute atomic E-state index is 5.26. The predicted octanol–water partition coefficient (Wildman–Crippen LogP) is -1.15. The highest BCUT2D eigenvalue weighted by molar-refractivity contribution is 5.33. The van der Waals surface area contributed by atoms with Crippen molar-refractivity contribution in [2.45, 2.75) is 19.4 Å². The van der Waals surface area contributed by atoms with E-state index in [1.165, 1.54) is 5.56 Å². The third-order valence-corrected chi connectivity index (χ3v) is 2.21. The van der Waals surface area contributed by atoms with Crippen molar-refractivity contribution >= 4 is 0 Å². The quantitative estimate of drug-likeness (QED) is 0.684. The summed E-state index contributed by atoms with van der Waals surface area (Å²) >= 11 is 0. The van der Waals surface area contributed by atoms with Crippen LogP contribution in [0.4, 0.5) is 0 Å². The Labute approximate surface area is 92.1 Å². The molecule has 0 aliphatic heterocycles. The summed E-state index contributed by atoms with van der Waals surface area (Å²) in [6, 6.07) is 8.62. The van der Waals surface area contributed by atoms with Crippen molar-refractivity contribution < 1.29 is 17.1 Å². The molecule has 1 unspecified atom stereocenters. The van der Waals surface area contributed by atoms with Gasteiger partial charge in [-0.15, -0.1) is 0 Å². The van der Waals surface area contributed by atoms with Gasteiger partial charge in [0.25, 0.3) is 0 Å². The van der Waals surface area contributed by atoms with Crippen molar-refractivity contribution in [3.8, 4) is 5.75 Å². The molecule has 0 amide bonds. The van der Waals surface area contributed by atoms with Crippen molar-refractivity contribution in [3.63, 3.8) is 0 Å². The van der Waals surface area contributed by atoms with Crippen LogP contribution >= 0.6 is 0 Å². The highest BCUT2D eigenvalue weighted by atomic mass is 35.5. The lowest BCUT2D eigenvalue weighted by molar-refractivity contribution is -0.00000319. The summed E-state index contributed by atoms with van der Waals surface area (Å²) in [6.45, 7) is 2.16. The SMILES string of the molecule is CNC(C)Cc1ccccc1OC.[Cl-]. The number of hydrogen-bond acceptors (Lipinski definition) is 2. The summed E-state index contributed by atoms with van der Waals surface area (Å²) in [4.78, 5) is 0. The lowest BCUT2D eigenvalue weighted by Gasteiger charge is -2.12. The molecule has 1 atom stereocenters. The number of nitrogens with one attached hydrogen (secondary N) is 1. The molecule has 1 rings (SSSR count). The minimum Gasteiger partial charge on any atom is -1.00 e. The van der Waals surface area contributed by atoms with E-state index < -0.39 is 0 Å². The first-order chi connectivity index (χ1) is 6.27. The van der Waals surface area contributed by atoms with E-state index in [-0.39, 0.29) is 12.4 Å². The van der Waals surface area contributed by atoms with Gasteiger partial charge in [-0.25, -0.2) is 0 Å². The van der Waals surface area contributed by atoms with E-state index in [4.69, 9.17) is 4.74 Å². The molecule has 0 saturated carbocycles. The molecule has 0 fully saturated rings. The van der Waals surface area contributed by atoms with Crippen LogP contribution in [0.2, 0.25) is 0 Å². The average molecular weight is 215 g/mol. The van der Waals surface area contributed by atoms with Gasteiger partial charge >= 0.3 is 0 Å². The van der Waals surface area contributed by atoms with E-state index in [0.717, 1.165) is 12.2 Å². The van der Waals surface area contributed by atoms with Gasteiger partial charge in [-0.05, 0) is 32.0 Å². The van der Waals surface area contributed by atoms with Gasteiger partial charge in [-0.2, -0.15) is 0 Å². The molecular weight excluding hydrogens is 198 g/mol. The molecule has 0 bridgehead atoms.